The van der Waals surface area contributed by atoms with Gasteiger partial charge < -0.3 is 29.7 Å². The van der Waals surface area contributed by atoms with Crippen molar-refractivity contribution >= 4 is 77.3 Å². The minimum absolute atomic E-state index is 0. The molecule has 6 heterocycles. The van der Waals surface area contributed by atoms with Gasteiger partial charge in [-0.2, -0.15) is 0 Å². The number of hydrogen-bond donors (Lipinski definition) is 0. The van der Waals surface area contributed by atoms with E-state index < -0.39 is 0 Å². The summed E-state index contributed by atoms with van der Waals surface area (Å²) < 4.78 is 0. The van der Waals surface area contributed by atoms with E-state index in [0.29, 0.717) is 0 Å². The van der Waals surface area contributed by atoms with Crippen LogP contribution in [0.15, 0.2) is 194 Å². The van der Waals surface area contributed by atoms with Crippen LogP contribution in [0.25, 0.3) is 87.9 Å². The summed E-state index contributed by atoms with van der Waals surface area (Å²) in [6, 6.07) is 67.5. The summed E-state index contributed by atoms with van der Waals surface area (Å²) in [7, 11) is 7.93. The first-order valence-corrected chi connectivity index (χ1v) is 21.0. The molecule has 0 N–H and O–H groups in total. The summed E-state index contributed by atoms with van der Waals surface area (Å²) in [5.74, 6) is 1.88. The second kappa shape index (κ2) is 21.8. The Hall–Kier alpha value is -6.98. The molecule has 0 saturated carbocycles. The van der Waals surface area contributed by atoms with Crippen LogP contribution in [-0.4, -0.2) is 48.1 Å². The van der Waals surface area contributed by atoms with Crippen molar-refractivity contribution in [3.8, 4) is 22.3 Å². The van der Waals surface area contributed by atoms with Gasteiger partial charge in [0.2, 0.25) is 0 Å². The molecule has 12 rings (SSSR count). The summed E-state index contributed by atoms with van der Waals surface area (Å²) in [5.41, 5.74) is 10.2. The Morgan fingerprint density at radius 2 is 0.803 bits per heavy atom. The number of para-hydroxylation sites is 4. The monoisotopic (exact) mass is 1220 g/mol. The molecule has 0 radical (unpaired) electrons. The van der Waals surface area contributed by atoms with Crippen LogP contribution in [-0.2, 0) is 42.1 Å². The summed E-state index contributed by atoms with van der Waals surface area (Å²) in [4.78, 5) is 30.9. The molecule has 12 aromatic rings. The minimum Gasteiger partial charge on any atom is -0.435 e. The van der Waals surface area contributed by atoms with Gasteiger partial charge in [-0.3, -0.25) is 9.97 Å². The van der Waals surface area contributed by atoms with E-state index in [1.165, 1.54) is 10.8 Å². The van der Waals surface area contributed by atoms with Gasteiger partial charge in [-0.15, -0.1) is 71.8 Å². The molecule has 0 saturated heterocycles. The summed E-state index contributed by atoms with van der Waals surface area (Å²) in [6.45, 7) is 0. The van der Waals surface area contributed by atoms with Crippen LogP contribution < -0.4 is 19.8 Å². The van der Waals surface area contributed by atoms with Gasteiger partial charge in [0.05, 0.1) is 0 Å². The van der Waals surface area contributed by atoms with E-state index in [4.69, 9.17) is 0 Å². The van der Waals surface area contributed by atoms with Crippen LogP contribution in [0.5, 0.6) is 0 Å². The SMILES string of the molecule is CN(C)c1ccc2c(n1)[n-]c1ccccc12.CN(C)c1ccc2c(n1)[n-]c1ccccc12.[Pt+2].[Pt+2].[c-]1ccccc1-c1cccc2cccnc12.[c-]1ccccc1-c1cccc2cccnc12. The minimum atomic E-state index is 0. The number of pyridine rings is 4. The van der Waals surface area contributed by atoms with E-state index in [1.54, 1.807) is 0 Å². The van der Waals surface area contributed by atoms with Crippen molar-refractivity contribution in [2.24, 2.45) is 0 Å². The van der Waals surface area contributed by atoms with E-state index in [0.717, 1.165) is 88.8 Å². The van der Waals surface area contributed by atoms with E-state index in [1.807, 2.05) is 147 Å². The number of hydrogen-bond acceptors (Lipinski definition) is 6. The van der Waals surface area contributed by atoms with E-state index in [9.17, 15) is 0 Å². The van der Waals surface area contributed by atoms with Crippen LogP contribution in [0, 0.1) is 12.1 Å². The number of benzene rings is 6. The zero-order valence-corrected chi connectivity index (χ0v) is 41.2. The van der Waals surface area contributed by atoms with E-state index >= 15 is 0 Å². The third-order valence-corrected chi connectivity index (χ3v) is 10.7. The fourth-order valence-electron chi connectivity index (χ4n) is 7.56. The summed E-state index contributed by atoms with van der Waals surface area (Å²) in [5, 5.41) is 6.93. The molecule has 0 amide bonds. The molecule has 328 valence electrons. The first kappa shape index (κ1) is 47.0. The number of anilines is 2. The molecule has 0 aliphatic rings. The summed E-state index contributed by atoms with van der Waals surface area (Å²) >= 11 is 0. The molecule has 8 nitrogen and oxygen atoms in total. The van der Waals surface area contributed by atoms with Gasteiger partial charge in [-0.05, 0) is 78.9 Å². The molecule has 0 aliphatic heterocycles. The van der Waals surface area contributed by atoms with Crippen molar-refractivity contribution in [3.63, 3.8) is 0 Å². The van der Waals surface area contributed by atoms with E-state index in [2.05, 4.69) is 127 Å². The molecule has 6 aromatic carbocycles. The number of rotatable bonds is 4. The molecule has 0 aliphatic carbocycles. The fraction of sp³-hybridized carbons (Fsp3) is 0.0714. The maximum Gasteiger partial charge on any atom is 2.00 e. The van der Waals surface area contributed by atoms with Crippen molar-refractivity contribution in [2.75, 3.05) is 38.0 Å². The van der Waals surface area contributed by atoms with Crippen molar-refractivity contribution in [2.45, 2.75) is 0 Å². The average molecular weight is 1220 g/mol. The standard InChI is InChI=1S/2C15H10N.2C13H12N3.2Pt/c2*1-2-6-12(7-3-1)14-10-4-8-13-9-5-11-16-15(13)14;2*1-16(2)12-8-7-10-9-5-3-4-6-11(9)14-13(10)15-12;;/h2*1-6,8-11H;2*3-8H,1-2H3;;/q4*-1;2*+2. The van der Waals surface area contributed by atoms with Crippen LogP contribution in [0.3, 0.4) is 0 Å². The van der Waals surface area contributed by atoms with Crippen LogP contribution in [0.4, 0.5) is 11.6 Å². The zero-order chi connectivity index (χ0) is 43.8. The second-order valence-electron chi connectivity index (χ2n) is 15.4. The quantitative estimate of drug-likeness (QED) is 0.161. The Morgan fingerprint density at radius 3 is 1.21 bits per heavy atom. The first-order chi connectivity index (χ1) is 31.4. The fourth-order valence-corrected chi connectivity index (χ4v) is 7.56. The Bertz CT molecular complexity index is 3240. The molecule has 66 heavy (non-hydrogen) atoms. The maximum absolute atomic E-state index is 4.53. The van der Waals surface area contributed by atoms with Crippen molar-refractivity contribution in [3.05, 3.63) is 207 Å². The average Bonchev–Trinajstić information content (AvgIpc) is 3.92. The van der Waals surface area contributed by atoms with Gasteiger partial charge in [0.25, 0.3) is 0 Å². The summed E-state index contributed by atoms with van der Waals surface area (Å²) in [6.07, 6.45) is 3.66. The third-order valence-electron chi connectivity index (χ3n) is 10.7. The first-order valence-electron chi connectivity index (χ1n) is 21.0. The third kappa shape index (κ3) is 10.4. The Morgan fingerprint density at radius 1 is 0.394 bits per heavy atom. The van der Waals surface area contributed by atoms with Gasteiger partial charge in [0.1, 0.15) is 0 Å². The van der Waals surface area contributed by atoms with Gasteiger partial charge >= 0.3 is 42.1 Å². The topological polar surface area (TPSA) is 86.2 Å². The van der Waals surface area contributed by atoms with Crippen molar-refractivity contribution in [1.82, 2.24) is 29.9 Å². The molecule has 0 spiro atoms. The Balaban J connectivity index is 0.000000130. The second-order valence-corrected chi connectivity index (χ2v) is 15.4. The van der Waals surface area contributed by atoms with E-state index in [-0.39, 0.29) is 42.1 Å². The predicted octanol–water partition coefficient (Wildman–Crippen LogP) is 12.2. The molecule has 0 atom stereocenters. The molecular weight excluding hydrogens is 1170 g/mol. The predicted molar refractivity (Wildman–Crippen MR) is 266 cm³/mol. The molecule has 0 unspecified atom stereocenters. The van der Waals surface area contributed by atoms with Crippen LogP contribution in [0.2, 0.25) is 0 Å². The smallest absolute Gasteiger partial charge is 0.435 e. The van der Waals surface area contributed by atoms with Gasteiger partial charge in [-0.25, -0.2) is 0 Å². The largest absolute Gasteiger partial charge is 2.00 e. The van der Waals surface area contributed by atoms with Crippen molar-refractivity contribution in [1.29, 1.82) is 0 Å². The molecular formula is C56H44N8Pt2. The van der Waals surface area contributed by atoms with Crippen molar-refractivity contribution < 1.29 is 42.1 Å². The van der Waals surface area contributed by atoms with Gasteiger partial charge in [-0.1, -0.05) is 120 Å². The molecule has 0 bridgehead atoms. The molecule has 10 heteroatoms. The zero-order valence-electron chi connectivity index (χ0n) is 36.7. The van der Waals surface area contributed by atoms with Gasteiger partial charge in [0, 0.05) is 63.3 Å². The van der Waals surface area contributed by atoms with Crippen LogP contribution in [0.1, 0.15) is 0 Å². The Kier molecular flexibility index (Phi) is 15.5. The van der Waals surface area contributed by atoms with Crippen LogP contribution >= 0.6 is 0 Å². The number of aromatic nitrogens is 6. The normalized spacial score (nSPS) is 10.5. The Labute approximate surface area is 413 Å². The molecule has 0 fully saturated rings. The van der Waals surface area contributed by atoms with Gasteiger partial charge in [0.15, 0.2) is 0 Å². The molecule has 6 aromatic heterocycles. The number of nitrogens with zero attached hydrogens (tertiary/aromatic N) is 8. The maximum atomic E-state index is 4.53. The number of fused-ring (bicyclic) bond motifs is 8.